The van der Waals surface area contributed by atoms with Gasteiger partial charge >= 0.3 is 0 Å². The Bertz CT molecular complexity index is 777. The fraction of sp³-hybridized carbons (Fsp3) is 0.211. The largest absolute Gasteiger partial charge is 0.372 e. The topological polar surface area (TPSA) is 28.2 Å². The molecule has 0 bridgehead atoms. The third-order valence-corrected chi connectivity index (χ3v) is 4.90. The van der Waals surface area contributed by atoms with Gasteiger partial charge in [0.05, 0.1) is 5.69 Å². The molecule has 0 spiro atoms. The van der Waals surface area contributed by atoms with Crippen LogP contribution in [0.1, 0.15) is 13.8 Å². The van der Waals surface area contributed by atoms with Crippen molar-refractivity contribution in [2.75, 3.05) is 23.3 Å². The number of anilines is 3. The van der Waals surface area contributed by atoms with Gasteiger partial charge in [-0.05, 0) is 50.2 Å². The molecule has 3 rings (SSSR count). The zero-order valence-corrected chi connectivity index (χ0v) is 15.4. The Hall–Kier alpha value is -2.04. The quantitative estimate of drug-likeness (QED) is 0.581. The smallest absolute Gasteiger partial charge is 0.187 e. The van der Waals surface area contributed by atoms with Crippen LogP contribution in [0, 0.1) is 0 Å². The Morgan fingerprint density at radius 2 is 1.67 bits per heavy atom. The number of hydrogen-bond acceptors (Lipinski definition) is 4. The highest BCUT2D eigenvalue weighted by Crippen LogP contribution is 2.28. The molecule has 0 radical (unpaired) electrons. The predicted molar refractivity (Wildman–Crippen MR) is 106 cm³/mol. The summed E-state index contributed by atoms with van der Waals surface area (Å²) in [4.78, 5) is 7.01. The number of nitrogens with one attached hydrogen (secondary N) is 1. The van der Waals surface area contributed by atoms with E-state index in [0.29, 0.717) is 0 Å². The minimum Gasteiger partial charge on any atom is -0.372 e. The van der Waals surface area contributed by atoms with E-state index in [-0.39, 0.29) is 0 Å². The van der Waals surface area contributed by atoms with Crippen molar-refractivity contribution >= 4 is 39.4 Å². The molecule has 1 N–H and O–H groups in total. The summed E-state index contributed by atoms with van der Waals surface area (Å²) >= 11 is 7.51. The maximum atomic E-state index is 5.91. The lowest BCUT2D eigenvalue weighted by Gasteiger charge is -2.20. The Balaban J connectivity index is 1.74. The zero-order chi connectivity index (χ0) is 16.9. The van der Waals surface area contributed by atoms with E-state index in [1.807, 2.05) is 24.3 Å². The van der Waals surface area contributed by atoms with Crippen LogP contribution in [0.4, 0.5) is 16.5 Å². The van der Waals surface area contributed by atoms with E-state index in [0.717, 1.165) is 40.2 Å². The number of rotatable bonds is 6. The van der Waals surface area contributed by atoms with Crippen molar-refractivity contribution in [1.29, 1.82) is 0 Å². The number of nitrogens with zero attached hydrogens (tertiary/aromatic N) is 2. The summed E-state index contributed by atoms with van der Waals surface area (Å²) in [7, 11) is 0. The molecule has 2 aromatic carbocycles. The lowest BCUT2D eigenvalue weighted by Crippen LogP contribution is -2.21. The minimum absolute atomic E-state index is 0.730. The Morgan fingerprint density at radius 3 is 2.29 bits per heavy atom. The van der Waals surface area contributed by atoms with Crippen molar-refractivity contribution in [1.82, 2.24) is 4.98 Å². The minimum atomic E-state index is 0.730. The summed E-state index contributed by atoms with van der Waals surface area (Å²) in [5, 5.41) is 6.99. The second kappa shape index (κ2) is 7.69. The van der Waals surface area contributed by atoms with Gasteiger partial charge in [-0.25, -0.2) is 4.98 Å². The molecule has 0 aliphatic rings. The molecule has 0 unspecified atom stereocenters. The molecule has 24 heavy (non-hydrogen) atoms. The molecule has 0 saturated carbocycles. The normalized spacial score (nSPS) is 10.6. The molecular weight excluding hydrogens is 338 g/mol. The van der Waals surface area contributed by atoms with Crippen molar-refractivity contribution < 1.29 is 0 Å². The van der Waals surface area contributed by atoms with Gasteiger partial charge in [-0.15, -0.1) is 11.3 Å². The highest BCUT2D eigenvalue weighted by Gasteiger charge is 2.07. The van der Waals surface area contributed by atoms with E-state index in [1.165, 1.54) is 5.69 Å². The first-order valence-electron chi connectivity index (χ1n) is 8.03. The molecule has 3 aromatic rings. The molecule has 124 valence electrons. The first-order valence-corrected chi connectivity index (χ1v) is 9.29. The zero-order valence-electron chi connectivity index (χ0n) is 13.8. The third kappa shape index (κ3) is 3.89. The van der Waals surface area contributed by atoms with Crippen LogP contribution in [-0.4, -0.2) is 18.1 Å². The number of aromatic nitrogens is 1. The van der Waals surface area contributed by atoms with E-state index in [4.69, 9.17) is 11.6 Å². The Kier molecular flexibility index (Phi) is 5.38. The molecule has 0 aliphatic carbocycles. The van der Waals surface area contributed by atoms with Gasteiger partial charge in [-0.3, -0.25) is 0 Å². The molecule has 1 heterocycles. The second-order valence-corrected chi connectivity index (χ2v) is 6.68. The summed E-state index contributed by atoms with van der Waals surface area (Å²) in [6, 6.07) is 16.2. The Morgan fingerprint density at radius 1 is 1.00 bits per heavy atom. The monoisotopic (exact) mass is 357 g/mol. The van der Waals surface area contributed by atoms with Gasteiger partial charge in [-0.2, -0.15) is 0 Å². The van der Waals surface area contributed by atoms with E-state index in [9.17, 15) is 0 Å². The van der Waals surface area contributed by atoms with E-state index < -0.39 is 0 Å². The second-order valence-electron chi connectivity index (χ2n) is 5.39. The third-order valence-electron chi connectivity index (χ3n) is 3.89. The Labute approximate surface area is 151 Å². The van der Waals surface area contributed by atoms with Crippen LogP contribution in [0.5, 0.6) is 0 Å². The van der Waals surface area contributed by atoms with Crippen LogP contribution >= 0.6 is 22.9 Å². The van der Waals surface area contributed by atoms with Crippen LogP contribution in [0.3, 0.4) is 0 Å². The molecule has 0 fully saturated rings. The lowest BCUT2D eigenvalue weighted by molar-refractivity contribution is 0.866. The van der Waals surface area contributed by atoms with Crippen molar-refractivity contribution in [2.24, 2.45) is 0 Å². The summed E-state index contributed by atoms with van der Waals surface area (Å²) in [6.07, 6.45) is 0. The standard InChI is InChI=1S/C19H20ClN3S/c1-3-23(4-2)17-11-5-14(6-12-17)18-13-24-19(22-18)21-16-9-7-15(20)8-10-16/h5-13H,3-4H2,1-2H3,(H,21,22). The number of thiazole rings is 1. The molecule has 0 atom stereocenters. The maximum Gasteiger partial charge on any atom is 0.187 e. The van der Waals surface area contributed by atoms with E-state index in [1.54, 1.807) is 11.3 Å². The lowest BCUT2D eigenvalue weighted by atomic mass is 10.1. The van der Waals surface area contributed by atoms with Crippen molar-refractivity contribution in [3.63, 3.8) is 0 Å². The summed E-state index contributed by atoms with van der Waals surface area (Å²) in [5.41, 5.74) is 4.35. The average Bonchev–Trinajstić information content (AvgIpc) is 3.07. The van der Waals surface area contributed by atoms with Crippen LogP contribution in [-0.2, 0) is 0 Å². The molecule has 3 nitrogen and oxygen atoms in total. The van der Waals surface area contributed by atoms with Gasteiger partial charge in [0.2, 0.25) is 0 Å². The molecule has 5 heteroatoms. The molecular formula is C19H20ClN3S. The highest BCUT2D eigenvalue weighted by molar-refractivity contribution is 7.14. The highest BCUT2D eigenvalue weighted by atomic mass is 35.5. The first kappa shape index (κ1) is 16.8. The van der Waals surface area contributed by atoms with Gasteiger partial charge in [-0.1, -0.05) is 23.7 Å². The van der Waals surface area contributed by atoms with Crippen molar-refractivity contribution in [3.8, 4) is 11.3 Å². The van der Waals surface area contributed by atoms with E-state index >= 15 is 0 Å². The fourth-order valence-corrected chi connectivity index (χ4v) is 3.42. The van der Waals surface area contributed by atoms with Gasteiger partial charge in [0.15, 0.2) is 5.13 Å². The first-order chi connectivity index (χ1) is 11.7. The molecule has 0 saturated heterocycles. The van der Waals surface area contributed by atoms with Gasteiger partial charge < -0.3 is 10.2 Å². The summed E-state index contributed by atoms with van der Waals surface area (Å²) in [5.74, 6) is 0. The van der Waals surface area contributed by atoms with Gasteiger partial charge in [0.25, 0.3) is 0 Å². The fourth-order valence-electron chi connectivity index (χ4n) is 2.55. The number of benzene rings is 2. The van der Waals surface area contributed by atoms with Crippen molar-refractivity contribution in [3.05, 3.63) is 58.9 Å². The van der Waals surface area contributed by atoms with Gasteiger partial charge in [0.1, 0.15) is 0 Å². The van der Waals surface area contributed by atoms with Crippen LogP contribution in [0.15, 0.2) is 53.9 Å². The summed E-state index contributed by atoms with van der Waals surface area (Å²) < 4.78 is 0. The van der Waals surface area contributed by atoms with Crippen LogP contribution < -0.4 is 10.2 Å². The maximum absolute atomic E-state index is 5.91. The van der Waals surface area contributed by atoms with E-state index in [2.05, 4.69) is 58.7 Å². The average molecular weight is 358 g/mol. The SMILES string of the molecule is CCN(CC)c1ccc(-c2csc(Nc3ccc(Cl)cc3)n2)cc1. The number of halogens is 1. The number of hydrogen-bond donors (Lipinski definition) is 1. The predicted octanol–water partition coefficient (Wildman–Crippen LogP) is 6.05. The summed E-state index contributed by atoms with van der Waals surface area (Å²) in [6.45, 7) is 6.38. The molecule has 1 aromatic heterocycles. The van der Waals surface area contributed by atoms with Crippen LogP contribution in [0.25, 0.3) is 11.3 Å². The van der Waals surface area contributed by atoms with Crippen LogP contribution in [0.2, 0.25) is 5.02 Å². The molecule has 0 amide bonds. The molecule has 0 aliphatic heterocycles. The van der Waals surface area contributed by atoms with Gasteiger partial charge in [0, 0.05) is 40.4 Å². The van der Waals surface area contributed by atoms with Crippen molar-refractivity contribution in [2.45, 2.75) is 13.8 Å².